The molecule has 0 radical (unpaired) electrons. The zero-order valence-electron chi connectivity index (χ0n) is 15.6. The first kappa shape index (κ1) is 16.0. The quantitative estimate of drug-likeness (QED) is 0.468. The molecule has 4 rings (SSSR count). The molecule has 128 valence electrons. The molecular weight excluding hydrogens is 276 g/mol. The van der Waals surface area contributed by atoms with Crippen molar-refractivity contribution in [2.75, 3.05) is 0 Å². The van der Waals surface area contributed by atoms with Gasteiger partial charge in [0.1, 0.15) is 0 Å². The first-order valence-corrected chi connectivity index (χ1v) is 10.3. The van der Waals surface area contributed by atoms with E-state index in [1.54, 1.807) is 11.1 Å². The van der Waals surface area contributed by atoms with E-state index in [1.165, 1.54) is 57.8 Å². The highest BCUT2D eigenvalue weighted by Gasteiger charge is 2.56. The second-order valence-electron chi connectivity index (χ2n) is 9.64. The minimum absolute atomic E-state index is 0.614. The van der Waals surface area contributed by atoms with Crippen LogP contribution >= 0.6 is 0 Å². The average molecular weight is 313 g/mol. The predicted octanol–water partition coefficient (Wildman–Crippen LogP) is 6.78. The second kappa shape index (κ2) is 5.78. The predicted molar refractivity (Wildman–Crippen MR) is 99.2 cm³/mol. The van der Waals surface area contributed by atoms with Crippen LogP contribution in [0.15, 0.2) is 23.8 Å². The Hall–Kier alpha value is -0.520. The van der Waals surface area contributed by atoms with Crippen LogP contribution in [0.1, 0.15) is 78.6 Å². The molecule has 0 heteroatoms. The van der Waals surface area contributed by atoms with Crippen molar-refractivity contribution in [1.29, 1.82) is 0 Å². The molecule has 0 bridgehead atoms. The Labute approximate surface area is 143 Å². The summed E-state index contributed by atoms with van der Waals surface area (Å²) in [5.74, 6) is 6.05. The standard InChI is InChI=1S/C23H36/c1-5-16(3)21-10-11-22-20-9-7-17-14-15(2)6-8-18(17)19(20)12-13-23(21,22)4/h5,17-22H,2,6-14H2,1,3-4H3/b16-5+/t17-,18?,19-,20-,21?,22+,23-/m1/s1. The average Bonchev–Trinajstić information content (AvgIpc) is 2.90. The molecule has 4 saturated carbocycles. The molecule has 0 saturated heterocycles. The van der Waals surface area contributed by atoms with E-state index in [2.05, 4.69) is 33.4 Å². The summed E-state index contributed by atoms with van der Waals surface area (Å²) in [6.07, 6.45) is 15.6. The summed E-state index contributed by atoms with van der Waals surface area (Å²) in [5, 5.41) is 0. The number of allylic oxidation sites excluding steroid dienone is 3. The van der Waals surface area contributed by atoms with Crippen LogP contribution in [0.2, 0.25) is 0 Å². The van der Waals surface area contributed by atoms with Crippen molar-refractivity contribution < 1.29 is 0 Å². The van der Waals surface area contributed by atoms with Crippen LogP contribution < -0.4 is 0 Å². The lowest BCUT2D eigenvalue weighted by molar-refractivity contribution is -0.0533. The van der Waals surface area contributed by atoms with Gasteiger partial charge in [-0.3, -0.25) is 0 Å². The maximum atomic E-state index is 4.31. The van der Waals surface area contributed by atoms with Gasteiger partial charge in [0, 0.05) is 0 Å². The minimum atomic E-state index is 0.614. The van der Waals surface area contributed by atoms with Gasteiger partial charge >= 0.3 is 0 Å². The van der Waals surface area contributed by atoms with Gasteiger partial charge in [-0.15, -0.1) is 0 Å². The summed E-state index contributed by atoms with van der Waals surface area (Å²) in [4.78, 5) is 0. The zero-order chi connectivity index (χ0) is 16.2. The maximum absolute atomic E-state index is 4.31. The number of hydrogen-bond donors (Lipinski definition) is 0. The van der Waals surface area contributed by atoms with Crippen molar-refractivity contribution in [2.45, 2.75) is 78.6 Å². The molecule has 0 N–H and O–H groups in total. The summed E-state index contributed by atoms with van der Waals surface area (Å²) in [6, 6.07) is 0. The van der Waals surface area contributed by atoms with E-state index in [9.17, 15) is 0 Å². The Morgan fingerprint density at radius 1 is 1.04 bits per heavy atom. The maximum Gasteiger partial charge on any atom is -0.0149 e. The van der Waals surface area contributed by atoms with Gasteiger partial charge in [0.25, 0.3) is 0 Å². The fraction of sp³-hybridized carbons (Fsp3) is 0.826. The molecule has 0 spiro atoms. The summed E-state index contributed by atoms with van der Waals surface area (Å²) >= 11 is 0. The van der Waals surface area contributed by atoms with Crippen molar-refractivity contribution in [3.63, 3.8) is 0 Å². The van der Waals surface area contributed by atoms with Gasteiger partial charge in [0.2, 0.25) is 0 Å². The first-order chi connectivity index (χ1) is 11.0. The largest absolute Gasteiger partial charge is 0.0999 e. The van der Waals surface area contributed by atoms with Crippen LogP contribution in [0.25, 0.3) is 0 Å². The van der Waals surface area contributed by atoms with E-state index in [0.717, 1.165) is 35.5 Å². The summed E-state index contributed by atoms with van der Waals surface area (Å²) in [6.45, 7) is 11.6. The Bertz CT molecular complexity index is 512. The molecule has 0 aliphatic heterocycles. The molecule has 0 aromatic heterocycles. The van der Waals surface area contributed by atoms with E-state index < -0.39 is 0 Å². The highest BCUT2D eigenvalue weighted by molar-refractivity contribution is 5.16. The van der Waals surface area contributed by atoms with Gasteiger partial charge in [-0.2, -0.15) is 0 Å². The van der Waals surface area contributed by atoms with E-state index in [1.807, 2.05) is 0 Å². The van der Waals surface area contributed by atoms with Crippen molar-refractivity contribution in [3.8, 4) is 0 Å². The molecule has 0 aromatic carbocycles. The molecule has 2 unspecified atom stereocenters. The Morgan fingerprint density at radius 3 is 2.65 bits per heavy atom. The Morgan fingerprint density at radius 2 is 1.87 bits per heavy atom. The molecule has 0 aromatic rings. The highest BCUT2D eigenvalue weighted by atomic mass is 14.6. The van der Waals surface area contributed by atoms with E-state index in [0.29, 0.717) is 5.41 Å². The van der Waals surface area contributed by atoms with Gasteiger partial charge in [-0.1, -0.05) is 30.7 Å². The lowest BCUT2D eigenvalue weighted by Gasteiger charge is -2.56. The fourth-order valence-electron chi connectivity index (χ4n) is 7.73. The normalized spacial score (nSPS) is 50.2. The third-order valence-electron chi connectivity index (χ3n) is 8.91. The van der Waals surface area contributed by atoms with Gasteiger partial charge in [0.15, 0.2) is 0 Å². The van der Waals surface area contributed by atoms with E-state index >= 15 is 0 Å². The van der Waals surface area contributed by atoms with Crippen molar-refractivity contribution >= 4 is 0 Å². The molecule has 4 aliphatic carbocycles. The van der Waals surface area contributed by atoms with Gasteiger partial charge < -0.3 is 0 Å². The van der Waals surface area contributed by atoms with E-state index in [4.69, 9.17) is 0 Å². The Kier molecular flexibility index (Phi) is 4.01. The Balaban J connectivity index is 1.57. The fourth-order valence-corrected chi connectivity index (χ4v) is 7.73. The summed E-state index contributed by atoms with van der Waals surface area (Å²) in [5.41, 5.74) is 3.84. The topological polar surface area (TPSA) is 0 Å². The van der Waals surface area contributed by atoms with Crippen molar-refractivity contribution in [3.05, 3.63) is 23.8 Å². The molecule has 0 amide bonds. The molecular formula is C23H36. The molecule has 23 heavy (non-hydrogen) atoms. The van der Waals surface area contributed by atoms with Crippen LogP contribution in [-0.4, -0.2) is 0 Å². The smallest absolute Gasteiger partial charge is 0.0149 e. The molecule has 0 heterocycles. The summed E-state index contributed by atoms with van der Waals surface area (Å²) in [7, 11) is 0. The van der Waals surface area contributed by atoms with Crippen LogP contribution in [0, 0.1) is 40.9 Å². The van der Waals surface area contributed by atoms with Gasteiger partial charge in [-0.25, -0.2) is 0 Å². The van der Waals surface area contributed by atoms with Crippen molar-refractivity contribution in [1.82, 2.24) is 0 Å². The lowest BCUT2D eigenvalue weighted by atomic mass is 9.49. The van der Waals surface area contributed by atoms with Crippen molar-refractivity contribution in [2.24, 2.45) is 40.9 Å². The molecule has 0 nitrogen and oxygen atoms in total. The first-order valence-electron chi connectivity index (χ1n) is 10.3. The number of rotatable bonds is 1. The van der Waals surface area contributed by atoms with E-state index in [-0.39, 0.29) is 0 Å². The summed E-state index contributed by atoms with van der Waals surface area (Å²) < 4.78 is 0. The minimum Gasteiger partial charge on any atom is -0.0999 e. The van der Waals surface area contributed by atoms with Crippen LogP contribution in [0.3, 0.4) is 0 Å². The lowest BCUT2D eigenvalue weighted by Crippen LogP contribution is -2.48. The second-order valence-corrected chi connectivity index (χ2v) is 9.64. The number of fused-ring (bicyclic) bond motifs is 5. The van der Waals surface area contributed by atoms with Crippen LogP contribution in [-0.2, 0) is 0 Å². The third-order valence-corrected chi connectivity index (χ3v) is 8.91. The molecule has 7 atom stereocenters. The highest BCUT2D eigenvalue weighted by Crippen LogP contribution is 2.65. The van der Waals surface area contributed by atoms with Crippen LogP contribution in [0.5, 0.6) is 0 Å². The van der Waals surface area contributed by atoms with Gasteiger partial charge in [-0.05, 0) is 113 Å². The third kappa shape index (κ3) is 2.38. The SMILES string of the molecule is C=C1CCC2[C@H](CC[C@@H]3[C@@H]2CC[C@]2(C)C(/C(C)=C/C)CC[C@@H]32)C1. The van der Waals surface area contributed by atoms with Crippen LogP contribution in [0.4, 0.5) is 0 Å². The molecule has 4 aliphatic rings. The number of hydrogen-bond acceptors (Lipinski definition) is 0. The van der Waals surface area contributed by atoms with Gasteiger partial charge in [0.05, 0.1) is 0 Å². The molecule has 4 fully saturated rings. The monoisotopic (exact) mass is 312 g/mol. The zero-order valence-corrected chi connectivity index (χ0v) is 15.6.